The van der Waals surface area contributed by atoms with Crippen molar-refractivity contribution in [3.63, 3.8) is 0 Å². The summed E-state index contributed by atoms with van der Waals surface area (Å²) in [6.45, 7) is 6.92. The fourth-order valence-electron chi connectivity index (χ4n) is 7.01. The Labute approximate surface area is 302 Å². The number of fused-ring (bicyclic) bond motifs is 2. The molecule has 0 bridgehead atoms. The van der Waals surface area contributed by atoms with Crippen LogP contribution in [0.15, 0.2) is 42.6 Å². The van der Waals surface area contributed by atoms with Crippen LogP contribution in [-0.4, -0.2) is 98.1 Å². The third-order valence-electron chi connectivity index (χ3n) is 9.82. The van der Waals surface area contributed by atoms with E-state index in [1.807, 2.05) is 24.3 Å². The zero-order valence-electron chi connectivity index (χ0n) is 28.4. The van der Waals surface area contributed by atoms with Crippen LogP contribution in [0.5, 0.6) is 17.2 Å². The van der Waals surface area contributed by atoms with Crippen molar-refractivity contribution in [2.45, 2.75) is 32.1 Å². The molecule has 0 radical (unpaired) electrons. The van der Waals surface area contributed by atoms with Crippen LogP contribution in [0.2, 0.25) is 10.0 Å². The van der Waals surface area contributed by atoms with Gasteiger partial charge in [-0.1, -0.05) is 35.4 Å². The summed E-state index contributed by atoms with van der Waals surface area (Å²) >= 11 is 12.7. The van der Waals surface area contributed by atoms with Gasteiger partial charge in [0.25, 0.3) is 0 Å². The number of carbonyl (C=O) groups excluding carboxylic acids is 2. The Hall–Kier alpha value is -4.08. The normalized spacial score (nSPS) is 19.5. The first-order chi connectivity index (χ1) is 24.3. The summed E-state index contributed by atoms with van der Waals surface area (Å²) in [4.78, 5) is 36.3. The van der Waals surface area contributed by atoms with E-state index in [1.165, 1.54) is 18.2 Å². The molecule has 2 aromatic carbocycles. The summed E-state index contributed by atoms with van der Waals surface area (Å²) in [5.41, 5.74) is 2.02. The van der Waals surface area contributed by atoms with Crippen LogP contribution in [0, 0.1) is 23.2 Å². The van der Waals surface area contributed by atoms with E-state index in [0.717, 1.165) is 58.5 Å². The highest BCUT2D eigenvalue weighted by molar-refractivity contribution is 6.37. The van der Waals surface area contributed by atoms with Crippen molar-refractivity contribution in [2.75, 3.05) is 72.0 Å². The van der Waals surface area contributed by atoms with Crippen LogP contribution in [-0.2, 0) is 9.59 Å². The lowest BCUT2D eigenvalue weighted by atomic mass is 9.85. The van der Waals surface area contributed by atoms with Crippen LogP contribution in [0.3, 0.4) is 0 Å². The van der Waals surface area contributed by atoms with Gasteiger partial charge in [0.1, 0.15) is 11.8 Å². The maximum absolute atomic E-state index is 12.7. The molecule has 0 saturated carbocycles. The minimum Gasteiger partial charge on any atom is -0.495 e. The Morgan fingerprint density at radius 1 is 0.840 bits per heavy atom. The molecule has 2 aliphatic heterocycles. The zero-order chi connectivity index (χ0) is 35.2. The molecule has 2 atom stereocenters. The van der Waals surface area contributed by atoms with E-state index in [1.54, 1.807) is 19.2 Å². The van der Waals surface area contributed by atoms with Gasteiger partial charge in [0.05, 0.1) is 65.2 Å². The highest BCUT2D eigenvalue weighted by atomic mass is 35.5. The summed E-state index contributed by atoms with van der Waals surface area (Å²) in [7, 11) is 3.10. The largest absolute Gasteiger partial charge is 0.495 e. The quantitative estimate of drug-likeness (QED) is 0.116. The maximum Gasteiger partial charge on any atom is 0.233 e. The number of methoxy groups -OCH3 is 2. The average molecular weight is 722 g/mol. The number of benzene rings is 2. The number of ether oxygens (including phenoxy) is 3. The predicted octanol–water partition coefficient (Wildman–Crippen LogP) is 6.29. The lowest BCUT2D eigenvalue weighted by Crippen LogP contribution is -2.47. The highest BCUT2D eigenvalue weighted by Crippen LogP contribution is 2.40. The number of allylic oxidation sites excluding steroid dienone is 2. The molecule has 2 amide bonds. The van der Waals surface area contributed by atoms with Crippen LogP contribution in [0.1, 0.15) is 37.7 Å². The number of aromatic nitrogens is 1. The number of anilines is 2. The van der Waals surface area contributed by atoms with Gasteiger partial charge in [-0.05, 0) is 50.8 Å². The number of nitrogens with zero attached hydrogens (tertiary/aromatic N) is 5. The molecule has 1 aromatic heterocycles. The van der Waals surface area contributed by atoms with Gasteiger partial charge >= 0.3 is 0 Å². The fraction of sp³-hybridized carbons (Fsp3) is 0.459. The third-order valence-corrected chi connectivity index (χ3v) is 10.4. The van der Waals surface area contributed by atoms with Crippen molar-refractivity contribution in [2.24, 2.45) is 11.8 Å². The lowest BCUT2D eigenvalue weighted by Gasteiger charge is -2.34. The first kappa shape index (κ1) is 35.7. The van der Waals surface area contributed by atoms with E-state index in [-0.39, 0.29) is 23.7 Å². The number of pyridine rings is 1. The average Bonchev–Trinajstić information content (AvgIpc) is 3.38. The molecule has 3 aliphatic rings. The number of hydrogen-bond acceptors (Lipinski definition) is 10. The molecule has 50 heavy (non-hydrogen) atoms. The minimum absolute atomic E-state index is 0.0240. The topological polar surface area (TPSA) is 120 Å². The number of unbranched alkanes of at least 4 members (excludes halogenated alkanes) is 1. The Morgan fingerprint density at radius 2 is 1.48 bits per heavy atom. The number of rotatable bonds is 14. The standard InChI is InChI=1S/C37H42Cl2N6O5/c1-48-32-21-31(28(38)19-29(32)39)42-35-24(22-40)23-41-30-20-34(33(49-2)18-27(30)35)50-17-7-11-44-15-13-43(14-16-44)10-5-6-12-45-36(46)25-8-3-4-9-26(25)37(45)47/h3-4,18-21,23,25-26H,5-17H2,1-2H3,(H,41,42). The van der Waals surface area contributed by atoms with Crippen molar-refractivity contribution in [3.8, 4) is 23.3 Å². The SMILES string of the molecule is COc1cc(Nc2c(C#N)cnc3cc(OCCCN4CCN(CCCCN5C(=O)C6CC=CCC6C5=O)CC4)c(OC)cc23)c(Cl)cc1Cl. The van der Waals surface area contributed by atoms with Gasteiger partial charge in [0.15, 0.2) is 11.5 Å². The number of amides is 2. The molecule has 6 rings (SSSR count). The molecule has 264 valence electrons. The van der Waals surface area contributed by atoms with E-state index in [9.17, 15) is 14.9 Å². The number of carbonyl (C=O) groups is 2. The van der Waals surface area contributed by atoms with Gasteiger partial charge in [-0.3, -0.25) is 19.5 Å². The number of halogens is 2. The molecule has 11 nitrogen and oxygen atoms in total. The third kappa shape index (κ3) is 7.79. The Bertz CT molecular complexity index is 1780. The second-order valence-corrected chi connectivity index (χ2v) is 13.7. The van der Waals surface area contributed by atoms with Crippen LogP contribution < -0.4 is 19.5 Å². The summed E-state index contributed by atoms with van der Waals surface area (Å²) in [6.07, 6.45) is 9.63. The van der Waals surface area contributed by atoms with Crippen LogP contribution in [0.4, 0.5) is 11.4 Å². The predicted molar refractivity (Wildman–Crippen MR) is 194 cm³/mol. The van der Waals surface area contributed by atoms with Crippen molar-refractivity contribution in [3.05, 3.63) is 58.2 Å². The Kier molecular flexibility index (Phi) is 11.6. The number of hydrogen-bond donors (Lipinski definition) is 1. The van der Waals surface area contributed by atoms with Gasteiger partial charge in [-0.25, -0.2) is 0 Å². The van der Waals surface area contributed by atoms with Crippen LogP contribution in [0.25, 0.3) is 10.9 Å². The first-order valence-electron chi connectivity index (χ1n) is 17.1. The van der Waals surface area contributed by atoms with E-state index in [0.29, 0.717) is 81.1 Å². The molecule has 1 aliphatic carbocycles. The molecular formula is C37H42Cl2N6O5. The fourth-order valence-corrected chi connectivity index (χ4v) is 7.52. The van der Waals surface area contributed by atoms with Gasteiger partial charge in [0, 0.05) is 63.0 Å². The smallest absolute Gasteiger partial charge is 0.233 e. The van der Waals surface area contributed by atoms with Crippen LogP contribution >= 0.6 is 23.2 Å². The van der Waals surface area contributed by atoms with E-state index < -0.39 is 0 Å². The second-order valence-electron chi connectivity index (χ2n) is 12.8. The summed E-state index contributed by atoms with van der Waals surface area (Å²) in [5.74, 6) is 1.32. The number of nitrogens with one attached hydrogen (secondary N) is 1. The first-order valence-corrected chi connectivity index (χ1v) is 17.9. The number of nitriles is 1. The molecule has 13 heteroatoms. The molecule has 3 heterocycles. The van der Waals surface area contributed by atoms with Gasteiger partial charge in [-0.15, -0.1) is 0 Å². The molecule has 1 N–H and O–H groups in total. The van der Waals surface area contributed by atoms with Crippen molar-refractivity contribution in [1.82, 2.24) is 19.7 Å². The number of imide groups is 1. The lowest BCUT2D eigenvalue weighted by molar-refractivity contribution is -0.139. The molecule has 2 unspecified atom stereocenters. The van der Waals surface area contributed by atoms with E-state index in [2.05, 4.69) is 26.2 Å². The summed E-state index contributed by atoms with van der Waals surface area (Å²) < 4.78 is 17.2. The van der Waals surface area contributed by atoms with Crippen molar-refractivity contribution in [1.29, 1.82) is 5.26 Å². The molecule has 2 fully saturated rings. The van der Waals surface area contributed by atoms with Gasteiger partial charge in [0.2, 0.25) is 11.8 Å². The number of piperazine rings is 1. The van der Waals surface area contributed by atoms with Gasteiger partial charge in [-0.2, -0.15) is 5.26 Å². The Morgan fingerprint density at radius 3 is 2.12 bits per heavy atom. The second kappa shape index (κ2) is 16.3. The van der Waals surface area contributed by atoms with Crippen molar-refractivity contribution >= 4 is 57.3 Å². The van der Waals surface area contributed by atoms with E-state index in [4.69, 9.17) is 37.4 Å². The molecule has 3 aromatic rings. The summed E-state index contributed by atoms with van der Waals surface area (Å²) in [5, 5.41) is 14.5. The molecule has 0 spiro atoms. The molecule has 2 saturated heterocycles. The van der Waals surface area contributed by atoms with Crippen molar-refractivity contribution < 1.29 is 23.8 Å². The monoisotopic (exact) mass is 720 g/mol. The van der Waals surface area contributed by atoms with Gasteiger partial charge < -0.3 is 29.3 Å². The summed E-state index contributed by atoms with van der Waals surface area (Å²) in [6, 6.07) is 9.10. The Balaban J connectivity index is 0.966. The number of likely N-dealkylation sites (tertiary alicyclic amines) is 1. The zero-order valence-corrected chi connectivity index (χ0v) is 29.9. The highest BCUT2D eigenvalue weighted by Gasteiger charge is 2.46. The molecular weight excluding hydrogens is 679 g/mol. The van der Waals surface area contributed by atoms with E-state index >= 15 is 0 Å². The minimum atomic E-state index is -0.139. The maximum atomic E-state index is 12.7.